The maximum absolute atomic E-state index is 11.1. The summed E-state index contributed by atoms with van der Waals surface area (Å²) in [6, 6.07) is 18.4. The number of nitrogens with zero attached hydrogens (tertiary/aromatic N) is 3. The number of benzene rings is 2. The van der Waals surface area contributed by atoms with E-state index < -0.39 is 0 Å². The molecule has 0 aliphatic rings. The summed E-state index contributed by atoms with van der Waals surface area (Å²) in [5, 5.41) is 18.0. The number of rotatable bonds is 5. The third kappa shape index (κ3) is 5.03. The summed E-state index contributed by atoms with van der Waals surface area (Å²) >= 11 is 0. The van der Waals surface area contributed by atoms with Crippen LogP contribution < -0.4 is 16.0 Å². The highest BCUT2D eigenvalue weighted by Gasteiger charge is 2.04. The Bertz CT molecular complexity index is 990. The highest BCUT2D eigenvalue weighted by atomic mass is 16.1. The molecule has 0 fully saturated rings. The molecular formula is C20H18N6O. The van der Waals surface area contributed by atoms with Crippen LogP contribution in [0.5, 0.6) is 0 Å². The molecule has 1 amide bonds. The van der Waals surface area contributed by atoms with E-state index in [2.05, 4.69) is 32.0 Å². The van der Waals surface area contributed by atoms with Gasteiger partial charge in [0.15, 0.2) is 0 Å². The van der Waals surface area contributed by atoms with Gasteiger partial charge in [-0.05, 0) is 55.5 Å². The molecule has 134 valence electrons. The van der Waals surface area contributed by atoms with Crippen LogP contribution in [-0.2, 0) is 4.79 Å². The Morgan fingerprint density at radius 3 is 1.85 bits per heavy atom. The predicted molar refractivity (Wildman–Crippen MR) is 105 cm³/mol. The number of carbonyl (C=O) groups is 1. The number of hydrogen-bond donors (Lipinski definition) is 3. The third-order valence-corrected chi connectivity index (χ3v) is 3.60. The van der Waals surface area contributed by atoms with Crippen LogP contribution in [0.4, 0.5) is 28.7 Å². The summed E-state index contributed by atoms with van der Waals surface area (Å²) in [7, 11) is 0. The Hall–Kier alpha value is -3.92. The van der Waals surface area contributed by atoms with E-state index in [4.69, 9.17) is 5.26 Å². The van der Waals surface area contributed by atoms with Gasteiger partial charge < -0.3 is 16.0 Å². The zero-order chi connectivity index (χ0) is 19.2. The second-order valence-electron chi connectivity index (χ2n) is 5.88. The highest BCUT2D eigenvalue weighted by molar-refractivity contribution is 5.88. The fraction of sp³-hybridized carbons (Fsp3) is 0.100. The zero-order valence-electron chi connectivity index (χ0n) is 14.9. The summed E-state index contributed by atoms with van der Waals surface area (Å²) in [6.45, 7) is 3.28. The maximum atomic E-state index is 11.1. The van der Waals surface area contributed by atoms with E-state index in [1.807, 2.05) is 43.3 Å². The maximum Gasteiger partial charge on any atom is 0.221 e. The van der Waals surface area contributed by atoms with E-state index >= 15 is 0 Å². The van der Waals surface area contributed by atoms with Crippen molar-refractivity contribution in [3.63, 3.8) is 0 Å². The van der Waals surface area contributed by atoms with E-state index in [0.29, 0.717) is 23.0 Å². The van der Waals surface area contributed by atoms with Crippen molar-refractivity contribution < 1.29 is 4.79 Å². The fourth-order valence-electron chi connectivity index (χ4n) is 2.46. The molecule has 0 radical (unpaired) electrons. The van der Waals surface area contributed by atoms with Gasteiger partial charge in [0.05, 0.1) is 11.6 Å². The zero-order valence-corrected chi connectivity index (χ0v) is 14.9. The Kier molecular flexibility index (Phi) is 5.28. The first-order valence-corrected chi connectivity index (χ1v) is 8.29. The molecule has 1 heterocycles. The molecule has 0 bridgehead atoms. The smallest absolute Gasteiger partial charge is 0.221 e. The van der Waals surface area contributed by atoms with Crippen molar-refractivity contribution in [3.8, 4) is 6.07 Å². The summed E-state index contributed by atoms with van der Waals surface area (Å²) in [6.07, 6.45) is 0. The molecule has 0 unspecified atom stereocenters. The lowest BCUT2D eigenvalue weighted by Crippen LogP contribution is -2.05. The Morgan fingerprint density at radius 2 is 1.37 bits per heavy atom. The van der Waals surface area contributed by atoms with Crippen molar-refractivity contribution >= 4 is 34.6 Å². The van der Waals surface area contributed by atoms with Crippen molar-refractivity contribution in [1.82, 2.24) is 9.97 Å². The number of hydrogen-bond acceptors (Lipinski definition) is 6. The number of nitrogens with one attached hydrogen (secondary N) is 3. The number of aryl methyl sites for hydroxylation is 1. The second-order valence-corrected chi connectivity index (χ2v) is 5.88. The van der Waals surface area contributed by atoms with Crippen LogP contribution in [0.15, 0.2) is 54.6 Å². The van der Waals surface area contributed by atoms with Gasteiger partial charge in [-0.25, -0.2) is 9.97 Å². The van der Waals surface area contributed by atoms with E-state index in [0.717, 1.165) is 17.1 Å². The first-order valence-electron chi connectivity index (χ1n) is 8.29. The minimum absolute atomic E-state index is 0.111. The molecule has 0 saturated carbocycles. The minimum Gasteiger partial charge on any atom is -0.340 e. The van der Waals surface area contributed by atoms with Gasteiger partial charge in [0, 0.05) is 30.1 Å². The Labute approximate surface area is 157 Å². The molecule has 0 aliphatic heterocycles. The molecule has 1 aromatic heterocycles. The van der Waals surface area contributed by atoms with Crippen molar-refractivity contribution in [1.29, 1.82) is 5.26 Å². The van der Waals surface area contributed by atoms with Gasteiger partial charge in [-0.3, -0.25) is 4.79 Å². The van der Waals surface area contributed by atoms with E-state index in [1.165, 1.54) is 6.92 Å². The third-order valence-electron chi connectivity index (χ3n) is 3.60. The van der Waals surface area contributed by atoms with Crippen LogP contribution in [-0.4, -0.2) is 15.9 Å². The van der Waals surface area contributed by atoms with Crippen LogP contribution in [0.25, 0.3) is 0 Å². The van der Waals surface area contributed by atoms with Crippen LogP contribution in [0.3, 0.4) is 0 Å². The van der Waals surface area contributed by atoms with Gasteiger partial charge in [0.2, 0.25) is 5.91 Å². The average molecular weight is 358 g/mol. The van der Waals surface area contributed by atoms with Gasteiger partial charge in [0.1, 0.15) is 17.5 Å². The lowest BCUT2D eigenvalue weighted by Gasteiger charge is -2.11. The Balaban J connectivity index is 1.74. The molecule has 0 atom stereocenters. The van der Waals surface area contributed by atoms with Gasteiger partial charge >= 0.3 is 0 Å². The monoisotopic (exact) mass is 358 g/mol. The number of carbonyl (C=O) groups excluding carboxylic acids is 1. The first kappa shape index (κ1) is 17.9. The number of anilines is 5. The van der Waals surface area contributed by atoms with Gasteiger partial charge in [-0.15, -0.1) is 0 Å². The quantitative estimate of drug-likeness (QED) is 0.634. The summed E-state index contributed by atoms with van der Waals surface area (Å²) < 4.78 is 0. The van der Waals surface area contributed by atoms with Gasteiger partial charge in [-0.1, -0.05) is 0 Å². The lowest BCUT2D eigenvalue weighted by atomic mass is 10.2. The van der Waals surface area contributed by atoms with Crippen LogP contribution >= 0.6 is 0 Å². The fourth-order valence-corrected chi connectivity index (χ4v) is 2.46. The van der Waals surface area contributed by atoms with Crippen molar-refractivity contribution in [2.24, 2.45) is 0 Å². The molecule has 0 saturated heterocycles. The van der Waals surface area contributed by atoms with Gasteiger partial charge in [0.25, 0.3) is 0 Å². The van der Waals surface area contributed by atoms with Crippen molar-refractivity contribution in [2.75, 3.05) is 16.0 Å². The normalized spacial score (nSPS) is 9.96. The molecule has 0 aliphatic carbocycles. The lowest BCUT2D eigenvalue weighted by molar-refractivity contribution is -0.114. The van der Waals surface area contributed by atoms with Crippen LogP contribution in [0.2, 0.25) is 0 Å². The largest absolute Gasteiger partial charge is 0.340 e. The van der Waals surface area contributed by atoms with Crippen LogP contribution in [0, 0.1) is 18.3 Å². The topological polar surface area (TPSA) is 103 Å². The minimum atomic E-state index is -0.111. The van der Waals surface area contributed by atoms with Crippen LogP contribution in [0.1, 0.15) is 18.3 Å². The van der Waals surface area contributed by atoms with Crippen molar-refractivity contribution in [2.45, 2.75) is 13.8 Å². The molecule has 3 N–H and O–H groups in total. The first-order chi connectivity index (χ1) is 13.0. The second kappa shape index (κ2) is 7.97. The molecule has 27 heavy (non-hydrogen) atoms. The average Bonchev–Trinajstić information content (AvgIpc) is 2.63. The molecule has 0 spiro atoms. The summed E-state index contributed by atoms with van der Waals surface area (Å²) in [5.41, 5.74) is 3.00. The number of nitriles is 1. The van der Waals surface area contributed by atoms with Gasteiger partial charge in [-0.2, -0.15) is 5.26 Å². The SMILES string of the molecule is CC(=O)Nc1ccc(Nc2cc(Nc3ccc(C#N)cc3)nc(C)n2)cc1. The highest BCUT2D eigenvalue weighted by Crippen LogP contribution is 2.22. The predicted octanol–water partition coefficient (Wildman–Crippen LogP) is 4.10. The standard InChI is InChI=1S/C20H18N6O/c1-13-22-19(25-17-5-3-15(12-21)4-6-17)11-20(23-13)26-18-9-7-16(8-10-18)24-14(2)27/h3-11H,1-2H3,(H,24,27)(H2,22,23,25,26). The molecule has 7 heteroatoms. The summed E-state index contributed by atoms with van der Waals surface area (Å²) in [4.78, 5) is 19.9. The molecule has 3 aromatic rings. The summed E-state index contributed by atoms with van der Waals surface area (Å²) in [5.74, 6) is 1.79. The molecular weight excluding hydrogens is 340 g/mol. The van der Waals surface area contributed by atoms with E-state index in [1.54, 1.807) is 18.2 Å². The van der Waals surface area contributed by atoms with Crippen molar-refractivity contribution in [3.05, 3.63) is 66.0 Å². The molecule has 3 rings (SSSR count). The molecule has 7 nitrogen and oxygen atoms in total. The number of aromatic nitrogens is 2. The van der Waals surface area contributed by atoms with E-state index in [9.17, 15) is 4.79 Å². The van der Waals surface area contributed by atoms with E-state index in [-0.39, 0.29) is 5.91 Å². The Morgan fingerprint density at radius 1 is 0.889 bits per heavy atom. The molecule has 2 aromatic carbocycles. The number of amides is 1.